The van der Waals surface area contributed by atoms with Gasteiger partial charge in [-0.3, -0.25) is 0 Å². The van der Waals surface area contributed by atoms with Gasteiger partial charge in [0.25, 0.3) is 0 Å². The molecule has 0 saturated heterocycles. The number of rotatable bonds is 1. The molecule has 69 valence electrons. The van der Waals surface area contributed by atoms with E-state index in [9.17, 15) is 0 Å². The first-order chi connectivity index (χ1) is 5.54. The summed E-state index contributed by atoms with van der Waals surface area (Å²) in [6, 6.07) is 9.47. The third kappa shape index (κ3) is 3.91. The summed E-state index contributed by atoms with van der Waals surface area (Å²) < 4.78 is 0. The molecule has 0 aliphatic rings. The van der Waals surface area contributed by atoms with E-state index in [4.69, 9.17) is 0 Å². The van der Waals surface area contributed by atoms with Gasteiger partial charge in [-0.05, 0) is 5.41 Å². The van der Waals surface area contributed by atoms with E-state index in [1.54, 1.807) is 0 Å². The quantitative estimate of drug-likeness (QED) is 0.671. The molecule has 1 aromatic carbocycles. The molecule has 13 heavy (non-hydrogen) atoms. The van der Waals surface area contributed by atoms with Crippen molar-refractivity contribution in [2.24, 2.45) is 0 Å². The van der Waals surface area contributed by atoms with E-state index in [2.05, 4.69) is 45.9 Å². The van der Waals surface area contributed by atoms with Gasteiger partial charge in [-0.2, -0.15) is 41.8 Å². The minimum atomic E-state index is 0. The molecular weight excluding hydrogens is 233 g/mol. The SMILES string of the molecule is [CH2-]Cc1[c-]ccc(C(C)(C)C)c1.[Y]. The van der Waals surface area contributed by atoms with Crippen molar-refractivity contribution in [2.45, 2.75) is 32.6 Å². The monoisotopic (exact) mass is 249 g/mol. The second kappa shape index (κ2) is 5.27. The van der Waals surface area contributed by atoms with Gasteiger partial charge in [0.05, 0.1) is 0 Å². The molecule has 1 radical (unpaired) electrons. The molecule has 0 aromatic heterocycles. The third-order valence-electron chi connectivity index (χ3n) is 2.00. The van der Waals surface area contributed by atoms with Crippen molar-refractivity contribution in [3.8, 4) is 0 Å². The van der Waals surface area contributed by atoms with E-state index in [0.29, 0.717) is 0 Å². The van der Waals surface area contributed by atoms with Crippen molar-refractivity contribution in [3.63, 3.8) is 0 Å². The number of benzene rings is 1. The van der Waals surface area contributed by atoms with Gasteiger partial charge in [-0.1, -0.05) is 20.8 Å². The summed E-state index contributed by atoms with van der Waals surface area (Å²) in [7, 11) is 0. The van der Waals surface area contributed by atoms with Crippen molar-refractivity contribution in [2.75, 3.05) is 0 Å². The fourth-order valence-corrected chi connectivity index (χ4v) is 1.13. The third-order valence-corrected chi connectivity index (χ3v) is 2.00. The van der Waals surface area contributed by atoms with Crippen LogP contribution in [0.4, 0.5) is 0 Å². The van der Waals surface area contributed by atoms with Gasteiger partial charge >= 0.3 is 0 Å². The van der Waals surface area contributed by atoms with Crippen LogP contribution >= 0.6 is 0 Å². The van der Waals surface area contributed by atoms with Crippen LogP contribution in [0.2, 0.25) is 0 Å². The molecule has 0 N–H and O–H groups in total. The summed E-state index contributed by atoms with van der Waals surface area (Å²) in [4.78, 5) is 0. The second-order valence-electron chi connectivity index (χ2n) is 4.10. The minimum Gasteiger partial charge on any atom is -0.341 e. The van der Waals surface area contributed by atoms with Crippen LogP contribution < -0.4 is 0 Å². The zero-order valence-electron chi connectivity index (χ0n) is 8.72. The Kier molecular flexibility index (Phi) is 5.40. The summed E-state index contributed by atoms with van der Waals surface area (Å²) in [5.74, 6) is 0. The average Bonchev–Trinajstić information content (AvgIpc) is 2.03. The van der Waals surface area contributed by atoms with Crippen LogP contribution in [0.25, 0.3) is 0 Å². The van der Waals surface area contributed by atoms with Crippen molar-refractivity contribution in [1.29, 1.82) is 0 Å². The van der Waals surface area contributed by atoms with Crippen molar-refractivity contribution in [3.05, 3.63) is 42.3 Å². The summed E-state index contributed by atoms with van der Waals surface area (Å²) in [6.07, 6.45) is 0.823. The zero-order valence-corrected chi connectivity index (χ0v) is 11.6. The summed E-state index contributed by atoms with van der Waals surface area (Å²) in [5, 5.41) is 0. The topological polar surface area (TPSA) is 0 Å². The molecule has 0 nitrogen and oxygen atoms in total. The molecular formula is C12H16Y-2. The average molecular weight is 249 g/mol. The van der Waals surface area contributed by atoms with Gasteiger partial charge in [0.2, 0.25) is 0 Å². The smallest absolute Gasteiger partial charge is 0 e. The Morgan fingerprint density at radius 2 is 2.00 bits per heavy atom. The van der Waals surface area contributed by atoms with Crippen molar-refractivity contribution in [1.82, 2.24) is 0 Å². The normalized spacial score (nSPS) is 10.8. The summed E-state index contributed by atoms with van der Waals surface area (Å²) in [5.41, 5.74) is 2.79. The first-order valence-corrected chi connectivity index (χ1v) is 4.34. The van der Waals surface area contributed by atoms with Gasteiger partial charge in [0, 0.05) is 32.7 Å². The maximum Gasteiger partial charge on any atom is 0 e. The molecule has 0 fully saturated rings. The second-order valence-corrected chi connectivity index (χ2v) is 4.10. The predicted octanol–water partition coefficient (Wildman–Crippen LogP) is 3.16. The van der Waals surface area contributed by atoms with E-state index in [1.807, 2.05) is 6.07 Å². The molecule has 0 aliphatic carbocycles. The van der Waals surface area contributed by atoms with Crippen molar-refractivity contribution >= 4 is 0 Å². The summed E-state index contributed by atoms with van der Waals surface area (Å²) >= 11 is 0. The van der Waals surface area contributed by atoms with Crippen LogP contribution in [0.5, 0.6) is 0 Å². The Hall–Kier alpha value is 0.324. The first-order valence-electron chi connectivity index (χ1n) is 4.34. The predicted molar refractivity (Wildman–Crippen MR) is 53.0 cm³/mol. The number of hydrogen-bond acceptors (Lipinski definition) is 0. The molecule has 1 rings (SSSR count). The molecule has 0 unspecified atom stereocenters. The van der Waals surface area contributed by atoms with Crippen LogP contribution in [0.15, 0.2) is 18.2 Å². The Labute approximate surface area is 107 Å². The van der Waals surface area contributed by atoms with E-state index < -0.39 is 0 Å². The van der Waals surface area contributed by atoms with Gasteiger partial charge in [0.1, 0.15) is 0 Å². The Morgan fingerprint density at radius 3 is 2.46 bits per heavy atom. The Bertz CT molecular complexity index is 258. The van der Waals surface area contributed by atoms with E-state index in [1.165, 1.54) is 11.1 Å². The summed E-state index contributed by atoms with van der Waals surface area (Å²) in [6.45, 7) is 10.5. The largest absolute Gasteiger partial charge is 0.341 e. The fraction of sp³-hybridized carbons (Fsp3) is 0.417. The van der Waals surface area contributed by atoms with Crippen LogP contribution in [-0.4, -0.2) is 0 Å². The van der Waals surface area contributed by atoms with Crippen LogP contribution in [-0.2, 0) is 44.5 Å². The molecule has 0 saturated carbocycles. The molecule has 0 atom stereocenters. The minimum absolute atomic E-state index is 0. The van der Waals surface area contributed by atoms with Crippen LogP contribution in [0, 0.1) is 13.0 Å². The van der Waals surface area contributed by atoms with E-state index in [0.717, 1.165) is 6.42 Å². The van der Waals surface area contributed by atoms with E-state index in [-0.39, 0.29) is 38.1 Å². The molecule has 1 heteroatoms. The Morgan fingerprint density at radius 1 is 1.38 bits per heavy atom. The first kappa shape index (κ1) is 13.3. The molecule has 1 aromatic rings. The molecule has 0 spiro atoms. The van der Waals surface area contributed by atoms with Gasteiger partial charge in [0.15, 0.2) is 0 Å². The standard InChI is InChI=1S/C12H16.Y/c1-5-10-7-6-8-11(9-10)12(2,3)4;/h6,8-9H,1,5H2,2-4H3;/q-2;. The maximum atomic E-state index is 3.85. The van der Waals surface area contributed by atoms with E-state index >= 15 is 0 Å². The molecule has 0 heterocycles. The van der Waals surface area contributed by atoms with Gasteiger partial charge in [-0.15, -0.1) is 0 Å². The molecule has 0 aliphatic heterocycles. The van der Waals surface area contributed by atoms with Gasteiger partial charge in [-0.25, -0.2) is 0 Å². The maximum absolute atomic E-state index is 3.85. The van der Waals surface area contributed by atoms with Crippen LogP contribution in [0.3, 0.4) is 0 Å². The Balaban J connectivity index is 0.00000144. The molecule has 0 amide bonds. The molecule has 0 bridgehead atoms. The van der Waals surface area contributed by atoms with Gasteiger partial charge < -0.3 is 6.92 Å². The zero-order chi connectivity index (χ0) is 9.19. The van der Waals surface area contributed by atoms with Crippen LogP contribution in [0.1, 0.15) is 31.9 Å². The number of hydrogen-bond donors (Lipinski definition) is 0. The van der Waals surface area contributed by atoms with Crippen molar-refractivity contribution < 1.29 is 32.7 Å². The fourth-order valence-electron chi connectivity index (χ4n) is 1.13.